The first-order chi connectivity index (χ1) is 16.3. The highest BCUT2D eigenvalue weighted by Gasteiger charge is 2.29. The number of fused-ring (bicyclic) bond motifs is 1. The minimum absolute atomic E-state index is 0.515. The second kappa shape index (κ2) is 8.36. The van der Waals surface area contributed by atoms with Gasteiger partial charge in [-0.25, -0.2) is 19.9 Å². The van der Waals surface area contributed by atoms with E-state index in [1.807, 2.05) is 31.5 Å². The van der Waals surface area contributed by atoms with Gasteiger partial charge < -0.3 is 15.5 Å². The van der Waals surface area contributed by atoms with Crippen LogP contribution >= 0.6 is 0 Å². The summed E-state index contributed by atoms with van der Waals surface area (Å²) in [4.78, 5) is 25.6. The smallest absolute Gasteiger partial charge is 0.247 e. The number of anilines is 3. The molecular weight excluding hydrogens is 416 g/mol. The number of nitrogens with zero attached hydrogens (tertiary/aromatic N) is 8. The predicted octanol–water partition coefficient (Wildman–Crippen LogP) is 2.73. The molecule has 2 N–H and O–H groups in total. The van der Waals surface area contributed by atoms with Crippen molar-refractivity contribution in [1.29, 1.82) is 0 Å². The van der Waals surface area contributed by atoms with Crippen LogP contribution in [0.4, 0.5) is 17.6 Å². The van der Waals surface area contributed by atoms with Crippen LogP contribution in [0, 0.1) is 0 Å². The maximum Gasteiger partial charge on any atom is 0.247 e. The fourth-order valence-electron chi connectivity index (χ4n) is 4.28. The zero-order valence-electron chi connectivity index (χ0n) is 18.6. The van der Waals surface area contributed by atoms with E-state index in [1.165, 1.54) is 18.4 Å². The Hall–Kier alpha value is -3.66. The summed E-state index contributed by atoms with van der Waals surface area (Å²) < 4.78 is 1.77. The quantitative estimate of drug-likeness (QED) is 0.466. The standard InChI is InChI=1S/C23H26N10/c1-2-33-14-27-23(31-33)29-19-11-16(5-6-26-19)21-28-18-13-25-12-17(15-3-4-15)20(18)22(30-21)32-9-7-24-8-10-32/h5-6,11-15,24H,2-4,7-10H2,1H3,(H,26,29,31). The van der Waals surface area contributed by atoms with Crippen LogP contribution in [0.5, 0.6) is 0 Å². The molecule has 2 aliphatic rings. The summed E-state index contributed by atoms with van der Waals surface area (Å²) in [7, 11) is 0. The normalized spacial score (nSPS) is 16.3. The summed E-state index contributed by atoms with van der Waals surface area (Å²) in [6, 6.07) is 3.87. The lowest BCUT2D eigenvalue weighted by molar-refractivity contribution is 0.586. The molecular formula is C23H26N10. The van der Waals surface area contributed by atoms with E-state index in [0.717, 1.165) is 55.0 Å². The van der Waals surface area contributed by atoms with E-state index in [9.17, 15) is 0 Å². The van der Waals surface area contributed by atoms with Crippen molar-refractivity contribution < 1.29 is 0 Å². The molecule has 10 nitrogen and oxygen atoms in total. The van der Waals surface area contributed by atoms with E-state index in [0.29, 0.717) is 23.5 Å². The van der Waals surface area contributed by atoms with Gasteiger partial charge >= 0.3 is 0 Å². The molecule has 0 amide bonds. The third-order valence-electron chi connectivity index (χ3n) is 6.17. The highest BCUT2D eigenvalue weighted by Crippen LogP contribution is 2.44. The van der Waals surface area contributed by atoms with Gasteiger partial charge in [-0.15, -0.1) is 5.10 Å². The zero-order chi connectivity index (χ0) is 22.2. The van der Waals surface area contributed by atoms with E-state index >= 15 is 0 Å². The summed E-state index contributed by atoms with van der Waals surface area (Å²) in [5.74, 6) is 3.42. The zero-order valence-corrected chi connectivity index (χ0v) is 18.6. The molecule has 10 heteroatoms. The molecule has 0 spiro atoms. The second-order valence-electron chi connectivity index (χ2n) is 8.48. The SMILES string of the molecule is CCn1cnc(Nc2cc(-c3nc(N4CCNCC4)c4c(C5CC5)cncc4n3)ccn2)n1. The van der Waals surface area contributed by atoms with Crippen molar-refractivity contribution >= 4 is 28.5 Å². The Morgan fingerprint density at radius 3 is 2.79 bits per heavy atom. The average Bonchev–Trinajstić information content (AvgIpc) is 3.62. The lowest BCUT2D eigenvalue weighted by Gasteiger charge is -2.30. The molecule has 0 unspecified atom stereocenters. The Kier molecular flexibility index (Phi) is 5.06. The first kappa shape index (κ1) is 20.0. The van der Waals surface area contributed by atoms with Gasteiger partial charge in [-0.05, 0) is 43.4 Å². The van der Waals surface area contributed by atoms with Gasteiger partial charge in [0.2, 0.25) is 5.95 Å². The van der Waals surface area contributed by atoms with Crippen LogP contribution in [0.2, 0.25) is 0 Å². The number of rotatable bonds is 6. The van der Waals surface area contributed by atoms with E-state index in [2.05, 4.69) is 35.6 Å². The number of pyridine rings is 2. The molecule has 1 aliphatic carbocycles. The number of piperazine rings is 1. The monoisotopic (exact) mass is 442 g/mol. The molecule has 0 radical (unpaired) electrons. The largest absolute Gasteiger partial charge is 0.353 e. The van der Waals surface area contributed by atoms with E-state index in [1.54, 1.807) is 17.2 Å². The Morgan fingerprint density at radius 2 is 2.00 bits per heavy atom. The summed E-state index contributed by atoms with van der Waals surface area (Å²) in [5, 5.41) is 12.1. The lowest BCUT2D eigenvalue weighted by Crippen LogP contribution is -2.44. The molecule has 1 saturated carbocycles. The number of hydrogen-bond acceptors (Lipinski definition) is 9. The van der Waals surface area contributed by atoms with Crippen LogP contribution < -0.4 is 15.5 Å². The Morgan fingerprint density at radius 1 is 1.12 bits per heavy atom. The van der Waals surface area contributed by atoms with Crippen LogP contribution in [-0.2, 0) is 6.54 Å². The molecule has 6 rings (SSSR count). The van der Waals surface area contributed by atoms with Gasteiger partial charge in [0.05, 0.1) is 11.7 Å². The maximum absolute atomic E-state index is 5.10. The number of hydrogen-bond donors (Lipinski definition) is 2. The topological polar surface area (TPSA) is 110 Å². The average molecular weight is 443 g/mol. The third kappa shape index (κ3) is 3.97. The minimum atomic E-state index is 0.515. The van der Waals surface area contributed by atoms with Crippen molar-refractivity contribution in [1.82, 2.24) is 40.0 Å². The van der Waals surface area contributed by atoms with E-state index in [-0.39, 0.29) is 0 Å². The third-order valence-corrected chi connectivity index (χ3v) is 6.17. The van der Waals surface area contributed by atoms with Crippen molar-refractivity contribution in [2.75, 3.05) is 36.4 Å². The summed E-state index contributed by atoms with van der Waals surface area (Å²) in [6.45, 7) is 6.53. The van der Waals surface area contributed by atoms with E-state index < -0.39 is 0 Å². The molecule has 4 aromatic rings. The summed E-state index contributed by atoms with van der Waals surface area (Å²) in [5.41, 5.74) is 3.06. The van der Waals surface area contributed by atoms with Gasteiger partial charge in [-0.1, -0.05) is 0 Å². The van der Waals surface area contributed by atoms with Crippen LogP contribution in [0.1, 0.15) is 31.2 Å². The van der Waals surface area contributed by atoms with Crippen LogP contribution in [0.3, 0.4) is 0 Å². The van der Waals surface area contributed by atoms with Gasteiger partial charge in [-0.3, -0.25) is 9.67 Å². The molecule has 5 heterocycles. The molecule has 4 aromatic heterocycles. The van der Waals surface area contributed by atoms with Gasteiger partial charge in [-0.2, -0.15) is 0 Å². The second-order valence-corrected chi connectivity index (χ2v) is 8.48. The van der Waals surface area contributed by atoms with Crippen LogP contribution in [0.15, 0.2) is 37.1 Å². The highest BCUT2D eigenvalue weighted by molar-refractivity contribution is 5.94. The maximum atomic E-state index is 5.10. The molecule has 0 atom stereocenters. The number of aryl methyl sites for hydroxylation is 1. The lowest BCUT2D eigenvalue weighted by atomic mass is 10.1. The minimum Gasteiger partial charge on any atom is -0.353 e. The number of aromatic nitrogens is 7. The molecule has 0 bridgehead atoms. The van der Waals surface area contributed by atoms with Gasteiger partial charge in [0.25, 0.3) is 0 Å². The van der Waals surface area contributed by atoms with Crippen LogP contribution in [-0.4, -0.2) is 60.9 Å². The highest BCUT2D eigenvalue weighted by atomic mass is 15.4. The van der Waals surface area contributed by atoms with Crippen molar-refractivity contribution in [3.8, 4) is 11.4 Å². The molecule has 33 heavy (non-hydrogen) atoms. The fourth-order valence-corrected chi connectivity index (χ4v) is 4.28. The Bertz CT molecular complexity index is 1290. The van der Waals surface area contributed by atoms with Gasteiger partial charge in [0.1, 0.15) is 18.0 Å². The summed E-state index contributed by atoms with van der Waals surface area (Å²) in [6.07, 6.45) is 9.75. The predicted molar refractivity (Wildman–Crippen MR) is 127 cm³/mol. The molecule has 0 aromatic carbocycles. The molecule has 1 saturated heterocycles. The first-order valence-corrected chi connectivity index (χ1v) is 11.5. The van der Waals surface area contributed by atoms with E-state index in [4.69, 9.17) is 9.97 Å². The van der Waals surface area contributed by atoms with Crippen molar-refractivity contribution in [3.05, 3.63) is 42.6 Å². The number of nitrogens with one attached hydrogen (secondary N) is 2. The molecule has 1 aliphatic heterocycles. The Balaban J connectivity index is 1.42. The molecule has 2 fully saturated rings. The van der Waals surface area contributed by atoms with Gasteiger partial charge in [0, 0.05) is 56.1 Å². The van der Waals surface area contributed by atoms with Crippen molar-refractivity contribution in [2.45, 2.75) is 32.2 Å². The van der Waals surface area contributed by atoms with Gasteiger partial charge in [0.15, 0.2) is 5.82 Å². The summed E-state index contributed by atoms with van der Waals surface area (Å²) >= 11 is 0. The van der Waals surface area contributed by atoms with Crippen LogP contribution in [0.25, 0.3) is 22.3 Å². The van der Waals surface area contributed by atoms with Crippen molar-refractivity contribution in [3.63, 3.8) is 0 Å². The first-order valence-electron chi connectivity index (χ1n) is 11.5. The fraction of sp³-hybridized carbons (Fsp3) is 0.391. The molecule has 168 valence electrons. The Labute approximate surface area is 191 Å². The van der Waals surface area contributed by atoms with Crippen molar-refractivity contribution in [2.24, 2.45) is 0 Å².